The molecule has 0 heterocycles. The number of nitriles is 1. The number of rotatable bonds is 4. The summed E-state index contributed by atoms with van der Waals surface area (Å²) in [5.41, 5.74) is 9.70. The minimum absolute atomic E-state index is 0.136. The largest absolute Gasteiger partial charge is 0.399 e. The summed E-state index contributed by atoms with van der Waals surface area (Å²) in [6.45, 7) is 0. The summed E-state index contributed by atoms with van der Waals surface area (Å²) in [7, 11) is -3.50. The molecule has 2 aromatic rings. The third-order valence-corrected chi connectivity index (χ3v) is 5.57. The molecule has 1 unspecified atom stereocenters. The maximum absolute atomic E-state index is 12.5. The molecular weight excluding hydrogens is 322 g/mol. The average Bonchev–Trinajstić information content (AvgIpc) is 2.54. The second-order valence-corrected chi connectivity index (χ2v) is 7.85. The summed E-state index contributed by atoms with van der Waals surface area (Å²) < 4.78 is 27.9. The van der Waals surface area contributed by atoms with Crippen LogP contribution >= 0.6 is 0 Å². The molecule has 0 amide bonds. The number of nitrogens with two attached hydrogens (primary N) is 1. The Morgan fingerprint density at radius 2 is 2.08 bits per heavy atom. The number of nitrogens with one attached hydrogen (secondary N) is 1. The average molecular weight is 341 g/mol. The van der Waals surface area contributed by atoms with Gasteiger partial charge in [0, 0.05) is 11.7 Å². The summed E-state index contributed by atoms with van der Waals surface area (Å²) in [5.74, 6) is -0.136. The van der Waals surface area contributed by atoms with Crippen LogP contribution < -0.4 is 10.5 Å². The lowest BCUT2D eigenvalue weighted by atomic mass is 9.88. The van der Waals surface area contributed by atoms with Crippen molar-refractivity contribution >= 4 is 15.7 Å². The molecule has 6 heteroatoms. The predicted molar refractivity (Wildman–Crippen MR) is 93.4 cm³/mol. The molecule has 5 nitrogen and oxygen atoms in total. The Hall–Kier alpha value is -2.36. The number of hydrogen-bond acceptors (Lipinski definition) is 4. The molecule has 0 saturated carbocycles. The van der Waals surface area contributed by atoms with Gasteiger partial charge in [0.25, 0.3) is 0 Å². The van der Waals surface area contributed by atoms with Crippen LogP contribution in [0.1, 0.15) is 41.1 Å². The molecule has 0 fully saturated rings. The molecule has 0 bridgehead atoms. The molecule has 3 rings (SSSR count). The monoisotopic (exact) mass is 341 g/mol. The van der Waals surface area contributed by atoms with Crippen LogP contribution in [0.25, 0.3) is 0 Å². The van der Waals surface area contributed by atoms with E-state index in [9.17, 15) is 8.42 Å². The Balaban J connectivity index is 1.79. The summed E-state index contributed by atoms with van der Waals surface area (Å²) in [6, 6.07) is 14.1. The number of sulfonamides is 1. The number of benzene rings is 2. The van der Waals surface area contributed by atoms with Gasteiger partial charge in [0.05, 0.1) is 17.4 Å². The molecular formula is C18H19N3O2S. The molecule has 0 saturated heterocycles. The van der Waals surface area contributed by atoms with Gasteiger partial charge in [0.1, 0.15) is 0 Å². The Morgan fingerprint density at radius 3 is 2.88 bits per heavy atom. The standard InChI is InChI=1S/C18H19N3O2S/c19-11-13-3-1-4-14(9-13)12-24(22,23)21-18-6-2-5-15-10-16(20)7-8-17(15)18/h1,3-4,7-10,18,21H,2,5-6,12,20H2. The first kappa shape index (κ1) is 16.5. The molecule has 1 aliphatic carbocycles. The van der Waals surface area contributed by atoms with Gasteiger partial charge in [-0.2, -0.15) is 5.26 Å². The van der Waals surface area contributed by atoms with Crippen LogP contribution in [0.4, 0.5) is 5.69 Å². The highest BCUT2D eigenvalue weighted by Gasteiger charge is 2.25. The maximum Gasteiger partial charge on any atom is 0.216 e. The van der Waals surface area contributed by atoms with E-state index in [0.717, 1.165) is 30.4 Å². The highest BCUT2D eigenvalue weighted by Crippen LogP contribution is 2.31. The lowest BCUT2D eigenvalue weighted by Gasteiger charge is -2.26. The van der Waals surface area contributed by atoms with Crippen molar-refractivity contribution in [1.29, 1.82) is 5.26 Å². The molecule has 3 N–H and O–H groups in total. The van der Waals surface area contributed by atoms with Gasteiger partial charge in [0.2, 0.25) is 10.0 Å². The number of nitrogen functional groups attached to an aromatic ring is 1. The first-order valence-corrected chi connectivity index (χ1v) is 9.49. The van der Waals surface area contributed by atoms with E-state index in [1.54, 1.807) is 24.3 Å². The van der Waals surface area contributed by atoms with Gasteiger partial charge in [-0.05, 0) is 60.2 Å². The number of aryl methyl sites for hydroxylation is 1. The molecule has 24 heavy (non-hydrogen) atoms. The van der Waals surface area contributed by atoms with E-state index >= 15 is 0 Å². The van der Waals surface area contributed by atoms with E-state index in [1.807, 2.05) is 24.3 Å². The van der Waals surface area contributed by atoms with Crippen LogP contribution in [0.15, 0.2) is 42.5 Å². The van der Waals surface area contributed by atoms with Crippen LogP contribution in [0.5, 0.6) is 0 Å². The van der Waals surface area contributed by atoms with Gasteiger partial charge in [-0.1, -0.05) is 18.2 Å². The second-order valence-electron chi connectivity index (χ2n) is 6.09. The van der Waals surface area contributed by atoms with Crippen molar-refractivity contribution in [2.45, 2.75) is 31.1 Å². The fourth-order valence-corrected chi connectivity index (χ4v) is 4.55. The van der Waals surface area contributed by atoms with Crippen LogP contribution in [-0.2, 0) is 22.2 Å². The zero-order valence-corrected chi connectivity index (χ0v) is 14.0. The van der Waals surface area contributed by atoms with E-state index in [1.165, 1.54) is 0 Å². The molecule has 1 aliphatic rings. The van der Waals surface area contributed by atoms with Gasteiger partial charge in [-0.3, -0.25) is 0 Å². The van der Waals surface area contributed by atoms with Crippen molar-refractivity contribution in [2.75, 3.05) is 5.73 Å². The quantitative estimate of drug-likeness (QED) is 0.836. The Kier molecular flexibility index (Phi) is 4.56. The van der Waals surface area contributed by atoms with Crippen LogP contribution in [0, 0.1) is 11.3 Å². The van der Waals surface area contributed by atoms with Gasteiger partial charge in [-0.15, -0.1) is 0 Å². The highest BCUT2D eigenvalue weighted by molar-refractivity contribution is 7.88. The lowest BCUT2D eigenvalue weighted by molar-refractivity contribution is 0.507. The van der Waals surface area contributed by atoms with Crippen LogP contribution in [-0.4, -0.2) is 8.42 Å². The van der Waals surface area contributed by atoms with Gasteiger partial charge in [0.15, 0.2) is 0 Å². The molecule has 1 atom stereocenters. The molecule has 0 spiro atoms. The van der Waals surface area contributed by atoms with Crippen molar-refractivity contribution < 1.29 is 8.42 Å². The first-order chi connectivity index (χ1) is 11.5. The van der Waals surface area contributed by atoms with Crippen molar-refractivity contribution in [1.82, 2.24) is 4.72 Å². The van der Waals surface area contributed by atoms with Crippen molar-refractivity contribution in [3.63, 3.8) is 0 Å². The Bertz CT molecular complexity index is 901. The van der Waals surface area contributed by atoms with E-state index in [0.29, 0.717) is 16.8 Å². The lowest BCUT2D eigenvalue weighted by Crippen LogP contribution is -2.32. The smallest absolute Gasteiger partial charge is 0.216 e. The summed E-state index contributed by atoms with van der Waals surface area (Å²) in [5, 5.41) is 8.93. The zero-order chi connectivity index (χ0) is 17.2. The first-order valence-electron chi connectivity index (χ1n) is 7.84. The van der Waals surface area contributed by atoms with Gasteiger partial charge >= 0.3 is 0 Å². The third-order valence-electron chi connectivity index (χ3n) is 4.22. The minimum Gasteiger partial charge on any atom is -0.399 e. The second kappa shape index (κ2) is 6.63. The SMILES string of the molecule is N#Cc1cccc(CS(=O)(=O)NC2CCCc3cc(N)ccc32)c1. The van der Waals surface area contributed by atoms with Gasteiger partial charge < -0.3 is 5.73 Å². The number of anilines is 1. The highest BCUT2D eigenvalue weighted by atomic mass is 32.2. The van der Waals surface area contributed by atoms with Crippen LogP contribution in [0.2, 0.25) is 0 Å². The zero-order valence-electron chi connectivity index (χ0n) is 13.2. The Labute approximate surface area is 142 Å². The van der Waals surface area contributed by atoms with Crippen LogP contribution in [0.3, 0.4) is 0 Å². The normalized spacial score (nSPS) is 17.0. The topological polar surface area (TPSA) is 96.0 Å². The van der Waals surface area contributed by atoms with Crippen molar-refractivity contribution in [3.8, 4) is 6.07 Å². The summed E-state index contributed by atoms with van der Waals surface area (Å²) in [4.78, 5) is 0. The third kappa shape index (κ3) is 3.75. The van der Waals surface area contributed by atoms with E-state index in [4.69, 9.17) is 11.0 Å². The Morgan fingerprint density at radius 1 is 1.25 bits per heavy atom. The van der Waals surface area contributed by atoms with Crippen molar-refractivity contribution in [2.24, 2.45) is 0 Å². The predicted octanol–water partition coefficient (Wildman–Crippen LogP) is 2.64. The number of hydrogen-bond donors (Lipinski definition) is 2. The molecule has 124 valence electrons. The molecule has 2 aromatic carbocycles. The van der Waals surface area contributed by atoms with Gasteiger partial charge in [-0.25, -0.2) is 13.1 Å². The fourth-order valence-electron chi connectivity index (χ4n) is 3.17. The fraction of sp³-hybridized carbons (Fsp3) is 0.278. The number of fused-ring (bicyclic) bond motifs is 1. The summed E-state index contributed by atoms with van der Waals surface area (Å²) in [6.07, 6.45) is 2.62. The van der Waals surface area contributed by atoms with E-state index in [2.05, 4.69) is 4.72 Å². The minimum atomic E-state index is -3.50. The van der Waals surface area contributed by atoms with E-state index in [-0.39, 0.29) is 11.8 Å². The molecule has 0 aromatic heterocycles. The number of nitrogens with zero attached hydrogens (tertiary/aromatic N) is 1. The van der Waals surface area contributed by atoms with Crippen molar-refractivity contribution in [3.05, 3.63) is 64.7 Å². The molecule has 0 radical (unpaired) electrons. The summed E-state index contributed by atoms with van der Waals surface area (Å²) >= 11 is 0. The van der Waals surface area contributed by atoms with E-state index < -0.39 is 10.0 Å². The molecule has 0 aliphatic heterocycles. The maximum atomic E-state index is 12.5.